The second-order valence-electron chi connectivity index (χ2n) is 5.26. The number of nitrogens with one attached hydrogen (secondary N) is 1. The Balaban J connectivity index is 1.61. The monoisotopic (exact) mass is 307 g/mol. The summed E-state index contributed by atoms with van der Waals surface area (Å²) in [6, 6.07) is 15.7. The summed E-state index contributed by atoms with van der Waals surface area (Å²) in [5.74, 6) is -0.0571. The van der Waals surface area contributed by atoms with Crippen molar-refractivity contribution in [1.29, 1.82) is 0 Å². The molecule has 1 aromatic heterocycles. The fraction of sp³-hybridized carbons (Fsp3) is 0.167. The van der Waals surface area contributed by atoms with Crippen LogP contribution in [0.3, 0.4) is 0 Å². The van der Waals surface area contributed by atoms with Crippen LogP contribution < -0.4 is 11.0 Å². The zero-order valence-corrected chi connectivity index (χ0v) is 12.6. The lowest BCUT2D eigenvalue weighted by Crippen LogP contribution is -2.32. The molecule has 0 aliphatic rings. The van der Waals surface area contributed by atoms with Gasteiger partial charge in [0.05, 0.1) is 6.42 Å². The van der Waals surface area contributed by atoms with E-state index in [2.05, 4.69) is 10.3 Å². The molecule has 0 radical (unpaired) electrons. The van der Waals surface area contributed by atoms with Crippen molar-refractivity contribution in [3.63, 3.8) is 0 Å². The first kappa shape index (κ1) is 15.0. The van der Waals surface area contributed by atoms with Crippen LogP contribution in [0.4, 0.5) is 0 Å². The summed E-state index contributed by atoms with van der Waals surface area (Å²) in [4.78, 5) is 27.3. The first-order chi connectivity index (χ1) is 11.2. The second kappa shape index (κ2) is 6.87. The van der Waals surface area contributed by atoms with Crippen LogP contribution in [0.15, 0.2) is 65.7 Å². The molecule has 0 fully saturated rings. The van der Waals surface area contributed by atoms with E-state index in [0.717, 1.165) is 16.3 Å². The van der Waals surface area contributed by atoms with Gasteiger partial charge in [-0.2, -0.15) is 0 Å². The molecule has 116 valence electrons. The molecule has 2 aromatic carbocycles. The molecule has 0 spiro atoms. The number of fused-ring (bicyclic) bond motifs is 1. The number of nitrogens with zero attached hydrogens (tertiary/aromatic N) is 2. The van der Waals surface area contributed by atoms with Crippen molar-refractivity contribution < 1.29 is 4.79 Å². The standard InChI is InChI=1S/C18H17N3O2/c22-17(19-10-12-21-11-4-9-20-18(21)23)13-15-7-3-6-14-5-1-2-8-16(14)15/h1-9,11H,10,12-13H2,(H,19,22). The summed E-state index contributed by atoms with van der Waals surface area (Å²) in [5.41, 5.74) is 0.690. The Morgan fingerprint density at radius 1 is 1.09 bits per heavy atom. The number of aromatic nitrogens is 2. The first-order valence-electron chi connectivity index (χ1n) is 7.49. The minimum Gasteiger partial charge on any atom is -0.354 e. The van der Waals surface area contributed by atoms with Gasteiger partial charge < -0.3 is 5.32 Å². The van der Waals surface area contributed by atoms with Crippen LogP contribution in [-0.4, -0.2) is 22.0 Å². The molecule has 0 saturated heterocycles. The Labute approximate surface area is 133 Å². The third-order valence-electron chi connectivity index (χ3n) is 3.69. The van der Waals surface area contributed by atoms with E-state index >= 15 is 0 Å². The van der Waals surface area contributed by atoms with Gasteiger partial charge in [0.25, 0.3) is 0 Å². The maximum absolute atomic E-state index is 12.1. The molecule has 1 N–H and O–H groups in total. The van der Waals surface area contributed by atoms with E-state index < -0.39 is 0 Å². The predicted molar refractivity (Wildman–Crippen MR) is 89.2 cm³/mol. The molecule has 1 amide bonds. The van der Waals surface area contributed by atoms with E-state index in [4.69, 9.17) is 0 Å². The van der Waals surface area contributed by atoms with Gasteiger partial charge in [-0.05, 0) is 22.4 Å². The van der Waals surface area contributed by atoms with Gasteiger partial charge in [-0.1, -0.05) is 42.5 Å². The SMILES string of the molecule is O=C(Cc1cccc2ccccc12)NCCn1cccnc1=O. The van der Waals surface area contributed by atoms with Gasteiger partial charge in [-0.3, -0.25) is 9.36 Å². The molecule has 0 bridgehead atoms. The topological polar surface area (TPSA) is 64.0 Å². The summed E-state index contributed by atoms with van der Waals surface area (Å²) in [7, 11) is 0. The molecule has 5 heteroatoms. The lowest BCUT2D eigenvalue weighted by Gasteiger charge is -2.08. The highest BCUT2D eigenvalue weighted by molar-refractivity contribution is 5.90. The average Bonchev–Trinajstić information content (AvgIpc) is 2.57. The lowest BCUT2D eigenvalue weighted by atomic mass is 10.0. The fourth-order valence-electron chi connectivity index (χ4n) is 2.56. The van der Waals surface area contributed by atoms with Crippen LogP contribution in [0.2, 0.25) is 0 Å². The Kier molecular flexibility index (Phi) is 4.47. The normalized spacial score (nSPS) is 10.6. The molecule has 3 aromatic rings. The van der Waals surface area contributed by atoms with Gasteiger partial charge in [0, 0.05) is 25.5 Å². The maximum Gasteiger partial charge on any atom is 0.347 e. The molecular formula is C18H17N3O2. The maximum atomic E-state index is 12.1. The molecule has 0 aliphatic carbocycles. The number of carbonyl (C=O) groups is 1. The van der Waals surface area contributed by atoms with Gasteiger partial charge in [0.15, 0.2) is 0 Å². The first-order valence-corrected chi connectivity index (χ1v) is 7.49. The number of carbonyl (C=O) groups excluding carboxylic acids is 1. The zero-order chi connectivity index (χ0) is 16.1. The Morgan fingerprint density at radius 2 is 1.91 bits per heavy atom. The molecule has 3 rings (SSSR count). The number of benzene rings is 2. The highest BCUT2D eigenvalue weighted by Crippen LogP contribution is 2.18. The molecule has 1 heterocycles. The van der Waals surface area contributed by atoms with Crippen molar-refractivity contribution in [1.82, 2.24) is 14.9 Å². The molecule has 0 unspecified atom stereocenters. The lowest BCUT2D eigenvalue weighted by molar-refractivity contribution is -0.120. The van der Waals surface area contributed by atoms with E-state index in [1.165, 1.54) is 10.8 Å². The highest BCUT2D eigenvalue weighted by Gasteiger charge is 2.06. The Hall–Kier alpha value is -2.95. The largest absolute Gasteiger partial charge is 0.354 e. The van der Waals surface area contributed by atoms with E-state index in [-0.39, 0.29) is 11.6 Å². The molecule has 0 atom stereocenters. The van der Waals surface area contributed by atoms with Gasteiger partial charge in [0.2, 0.25) is 5.91 Å². The van der Waals surface area contributed by atoms with E-state index in [1.54, 1.807) is 12.3 Å². The van der Waals surface area contributed by atoms with Crippen LogP contribution in [0.5, 0.6) is 0 Å². The summed E-state index contributed by atoms with van der Waals surface area (Å²) in [6.45, 7) is 0.809. The number of rotatable bonds is 5. The van der Waals surface area contributed by atoms with Crippen LogP contribution in [0, 0.1) is 0 Å². The quantitative estimate of drug-likeness (QED) is 0.781. The summed E-state index contributed by atoms with van der Waals surface area (Å²) >= 11 is 0. The van der Waals surface area contributed by atoms with Gasteiger partial charge in [-0.25, -0.2) is 9.78 Å². The van der Waals surface area contributed by atoms with E-state index in [1.807, 2.05) is 42.5 Å². The third kappa shape index (κ3) is 3.63. The van der Waals surface area contributed by atoms with Crippen molar-refractivity contribution in [3.05, 3.63) is 77.0 Å². The van der Waals surface area contributed by atoms with Gasteiger partial charge in [-0.15, -0.1) is 0 Å². The summed E-state index contributed by atoms with van der Waals surface area (Å²) < 4.78 is 1.47. The van der Waals surface area contributed by atoms with E-state index in [0.29, 0.717) is 19.5 Å². The molecular weight excluding hydrogens is 290 g/mol. The fourth-order valence-corrected chi connectivity index (χ4v) is 2.56. The van der Waals surface area contributed by atoms with Gasteiger partial charge >= 0.3 is 5.69 Å². The van der Waals surface area contributed by atoms with Crippen LogP contribution >= 0.6 is 0 Å². The van der Waals surface area contributed by atoms with Crippen molar-refractivity contribution in [2.24, 2.45) is 0 Å². The van der Waals surface area contributed by atoms with Crippen molar-refractivity contribution >= 4 is 16.7 Å². The van der Waals surface area contributed by atoms with Crippen molar-refractivity contribution in [2.45, 2.75) is 13.0 Å². The summed E-state index contributed by atoms with van der Waals surface area (Å²) in [6.07, 6.45) is 3.44. The molecule has 23 heavy (non-hydrogen) atoms. The van der Waals surface area contributed by atoms with Crippen LogP contribution in [0.1, 0.15) is 5.56 Å². The van der Waals surface area contributed by atoms with Gasteiger partial charge in [0.1, 0.15) is 0 Å². The molecule has 0 aliphatic heterocycles. The Bertz CT molecular complexity index is 881. The number of hydrogen-bond donors (Lipinski definition) is 1. The second-order valence-corrected chi connectivity index (χ2v) is 5.26. The smallest absolute Gasteiger partial charge is 0.347 e. The highest BCUT2D eigenvalue weighted by atomic mass is 16.2. The number of amides is 1. The Morgan fingerprint density at radius 3 is 2.78 bits per heavy atom. The predicted octanol–water partition coefficient (Wildman–Crippen LogP) is 1.76. The van der Waals surface area contributed by atoms with Crippen LogP contribution in [0.25, 0.3) is 10.8 Å². The zero-order valence-electron chi connectivity index (χ0n) is 12.6. The average molecular weight is 307 g/mol. The minimum absolute atomic E-state index is 0.0571. The van der Waals surface area contributed by atoms with Crippen molar-refractivity contribution in [2.75, 3.05) is 6.54 Å². The minimum atomic E-state index is -0.309. The molecule has 0 saturated carbocycles. The van der Waals surface area contributed by atoms with Crippen LogP contribution in [-0.2, 0) is 17.8 Å². The summed E-state index contributed by atoms with van der Waals surface area (Å²) in [5, 5.41) is 5.06. The number of hydrogen-bond acceptors (Lipinski definition) is 3. The third-order valence-corrected chi connectivity index (χ3v) is 3.69. The molecule has 5 nitrogen and oxygen atoms in total. The van der Waals surface area contributed by atoms with Crippen molar-refractivity contribution in [3.8, 4) is 0 Å². The van der Waals surface area contributed by atoms with E-state index in [9.17, 15) is 9.59 Å².